The summed E-state index contributed by atoms with van der Waals surface area (Å²) < 4.78 is 5.54. The molecule has 3 heteroatoms. The third-order valence-electron chi connectivity index (χ3n) is 4.01. The van der Waals surface area contributed by atoms with Crippen molar-refractivity contribution in [3.05, 3.63) is 28.8 Å². The maximum atomic E-state index is 6.00. The molecule has 2 N–H and O–H groups in total. The summed E-state index contributed by atoms with van der Waals surface area (Å²) in [4.78, 5) is 2.48. The fourth-order valence-electron chi connectivity index (χ4n) is 2.78. The van der Waals surface area contributed by atoms with Crippen molar-refractivity contribution in [2.24, 2.45) is 5.73 Å². The fraction of sp³-hybridized carbons (Fsp3) is 0.600. The summed E-state index contributed by atoms with van der Waals surface area (Å²) in [5, 5.41) is 0. The molecule has 0 aromatic heterocycles. The predicted molar refractivity (Wildman–Crippen MR) is 75.1 cm³/mol. The average molecular weight is 248 g/mol. The maximum absolute atomic E-state index is 6.00. The van der Waals surface area contributed by atoms with Crippen LogP contribution >= 0.6 is 0 Å². The smallest absolute Gasteiger partial charge is 0.123 e. The lowest BCUT2D eigenvalue weighted by molar-refractivity contribution is 0.245. The molecule has 3 nitrogen and oxygen atoms in total. The van der Waals surface area contributed by atoms with E-state index in [1.807, 2.05) is 0 Å². The minimum atomic E-state index is 0.293. The van der Waals surface area contributed by atoms with Crippen molar-refractivity contribution in [3.8, 4) is 5.75 Å². The summed E-state index contributed by atoms with van der Waals surface area (Å²) in [6, 6.07) is 4.66. The van der Waals surface area contributed by atoms with Gasteiger partial charge in [-0.2, -0.15) is 0 Å². The standard InChI is InChI=1S/C15H24N2O/c1-11-8-13(15(18-3)9-12(11)2)14(10-16)17-6-4-5-7-17/h8-9,14H,4-7,10,16H2,1-3H3. The van der Waals surface area contributed by atoms with Gasteiger partial charge < -0.3 is 10.5 Å². The van der Waals surface area contributed by atoms with E-state index in [4.69, 9.17) is 10.5 Å². The van der Waals surface area contributed by atoms with E-state index >= 15 is 0 Å². The van der Waals surface area contributed by atoms with Crippen molar-refractivity contribution in [2.45, 2.75) is 32.7 Å². The van der Waals surface area contributed by atoms with Gasteiger partial charge in [-0.3, -0.25) is 4.90 Å². The summed E-state index contributed by atoms with van der Waals surface area (Å²) in [7, 11) is 1.74. The SMILES string of the molecule is COc1cc(C)c(C)cc1C(CN)N1CCCC1. The van der Waals surface area contributed by atoms with E-state index in [2.05, 4.69) is 30.9 Å². The van der Waals surface area contributed by atoms with Gasteiger partial charge in [-0.25, -0.2) is 0 Å². The van der Waals surface area contributed by atoms with Crippen molar-refractivity contribution in [1.82, 2.24) is 4.90 Å². The summed E-state index contributed by atoms with van der Waals surface area (Å²) in [6.07, 6.45) is 2.56. The van der Waals surface area contributed by atoms with Crippen LogP contribution < -0.4 is 10.5 Å². The van der Waals surface area contributed by atoms with Crippen LogP contribution in [0, 0.1) is 13.8 Å². The van der Waals surface area contributed by atoms with E-state index in [1.165, 1.54) is 29.5 Å². The van der Waals surface area contributed by atoms with Gasteiger partial charge in [-0.1, -0.05) is 6.07 Å². The van der Waals surface area contributed by atoms with Crippen LogP contribution in [0.3, 0.4) is 0 Å². The molecular weight excluding hydrogens is 224 g/mol. The molecule has 1 aromatic rings. The molecule has 2 rings (SSSR count). The number of benzene rings is 1. The number of aryl methyl sites for hydroxylation is 2. The summed E-state index contributed by atoms with van der Waals surface area (Å²) in [5.41, 5.74) is 9.82. The molecule has 1 atom stereocenters. The van der Waals surface area contributed by atoms with Crippen molar-refractivity contribution in [1.29, 1.82) is 0 Å². The van der Waals surface area contributed by atoms with Crippen LogP contribution in [0.2, 0.25) is 0 Å². The maximum Gasteiger partial charge on any atom is 0.123 e. The molecule has 0 aliphatic carbocycles. The van der Waals surface area contributed by atoms with Crippen molar-refractivity contribution >= 4 is 0 Å². The van der Waals surface area contributed by atoms with E-state index in [0.29, 0.717) is 12.6 Å². The van der Waals surface area contributed by atoms with Crippen LogP contribution in [0.25, 0.3) is 0 Å². The van der Waals surface area contributed by atoms with Crippen molar-refractivity contribution in [3.63, 3.8) is 0 Å². The third kappa shape index (κ3) is 2.52. The highest BCUT2D eigenvalue weighted by Crippen LogP contribution is 2.33. The van der Waals surface area contributed by atoms with E-state index in [-0.39, 0.29) is 0 Å². The quantitative estimate of drug-likeness (QED) is 0.889. The molecule has 18 heavy (non-hydrogen) atoms. The molecule has 1 aromatic carbocycles. The Balaban J connectivity index is 2.37. The molecule has 0 radical (unpaired) electrons. The summed E-state index contributed by atoms with van der Waals surface area (Å²) >= 11 is 0. The van der Waals surface area contributed by atoms with Gasteiger partial charge in [-0.05, 0) is 57.0 Å². The van der Waals surface area contributed by atoms with Crippen molar-refractivity contribution in [2.75, 3.05) is 26.7 Å². The fourth-order valence-corrected chi connectivity index (χ4v) is 2.78. The first-order valence-electron chi connectivity index (χ1n) is 6.76. The number of likely N-dealkylation sites (tertiary alicyclic amines) is 1. The average Bonchev–Trinajstić information content (AvgIpc) is 2.88. The molecule has 0 bridgehead atoms. The molecule has 0 spiro atoms. The Hall–Kier alpha value is -1.06. The highest BCUT2D eigenvalue weighted by atomic mass is 16.5. The zero-order valence-corrected chi connectivity index (χ0v) is 11.7. The monoisotopic (exact) mass is 248 g/mol. The van der Waals surface area contributed by atoms with Crippen LogP contribution in [-0.4, -0.2) is 31.6 Å². The molecule has 0 saturated carbocycles. The Kier molecular flexibility index (Phi) is 4.25. The normalized spacial score (nSPS) is 18.0. The number of rotatable bonds is 4. The van der Waals surface area contributed by atoms with Crippen LogP contribution in [0.1, 0.15) is 35.6 Å². The van der Waals surface area contributed by atoms with Gasteiger partial charge in [0.2, 0.25) is 0 Å². The first-order chi connectivity index (χ1) is 8.67. The van der Waals surface area contributed by atoms with E-state index < -0.39 is 0 Å². The third-order valence-corrected chi connectivity index (χ3v) is 4.01. The summed E-state index contributed by atoms with van der Waals surface area (Å²) in [5.74, 6) is 0.973. The highest BCUT2D eigenvalue weighted by molar-refractivity contribution is 5.43. The lowest BCUT2D eigenvalue weighted by Gasteiger charge is -2.28. The molecule has 1 heterocycles. The minimum absolute atomic E-state index is 0.293. The van der Waals surface area contributed by atoms with Gasteiger partial charge in [0.1, 0.15) is 5.75 Å². The molecule has 0 amide bonds. The Morgan fingerprint density at radius 2 is 1.83 bits per heavy atom. The zero-order valence-electron chi connectivity index (χ0n) is 11.7. The zero-order chi connectivity index (χ0) is 13.1. The Labute approximate surface area is 110 Å². The van der Waals surface area contributed by atoms with Gasteiger partial charge in [0.15, 0.2) is 0 Å². The molecule has 1 unspecified atom stereocenters. The van der Waals surface area contributed by atoms with E-state index in [9.17, 15) is 0 Å². The van der Waals surface area contributed by atoms with Gasteiger partial charge in [0, 0.05) is 12.1 Å². The Morgan fingerprint density at radius 1 is 1.22 bits per heavy atom. The lowest BCUT2D eigenvalue weighted by atomic mass is 9.98. The molecular formula is C15H24N2O. The second kappa shape index (κ2) is 5.72. The van der Waals surface area contributed by atoms with Crippen molar-refractivity contribution < 1.29 is 4.74 Å². The van der Waals surface area contributed by atoms with Gasteiger partial charge in [-0.15, -0.1) is 0 Å². The van der Waals surface area contributed by atoms with Crippen LogP contribution in [-0.2, 0) is 0 Å². The predicted octanol–water partition coefficient (Wildman–Crippen LogP) is 2.41. The molecule has 1 aliphatic rings. The molecule has 100 valence electrons. The molecule has 1 aliphatic heterocycles. The largest absolute Gasteiger partial charge is 0.496 e. The number of nitrogens with two attached hydrogens (primary N) is 1. The highest BCUT2D eigenvalue weighted by Gasteiger charge is 2.25. The van der Waals surface area contributed by atoms with E-state index in [1.54, 1.807) is 7.11 Å². The number of hydrogen-bond acceptors (Lipinski definition) is 3. The Morgan fingerprint density at radius 3 is 2.39 bits per heavy atom. The minimum Gasteiger partial charge on any atom is -0.496 e. The van der Waals surface area contributed by atoms with Crippen LogP contribution in [0.15, 0.2) is 12.1 Å². The first-order valence-corrected chi connectivity index (χ1v) is 6.76. The van der Waals surface area contributed by atoms with E-state index in [0.717, 1.165) is 18.8 Å². The summed E-state index contributed by atoms with van der Waals surface area (Å²) in [6.45, 7) is 7.22. The number of nitrogens with zero attached hydrogens (tertiary/aromatic N) is 1. The van der Waals surface area contributed by atoms with Crippen LogP contribution in [0.5, 0.6) is 5.75 Å². The lowest BCUT2D eigenvalue weighted by Crippen LogP contribution is -2.31. The number of hydrogen-bond donors (Lipinski definition) is 1. The molecule has 1 saturated heterocycles. The van der Waals surface area contributed by atoms with Gasteiger partial charge >= 0.3 is 0 Å². The van der Waals surface area contributed by atoms with Gasteiger partial charge in [0.25, 0.3) is 0 Å². The van der Waals surface area contributed by atoms with Gasteiger partial charge in [0.05, 0.1) is 13.2 Å². The molecule has 1 fully saturated rings. The number of ether oxygens (including phenoxy) is 1. The Bertz CT molecular complexity index is 411. The first kappa shape index (κ1) is 13.4. The van der Waals surface area contributed by atoms with Crippen LogP contribution in [0.4, 0.5) is 0 Å². The number of methoxy groups -OCH3 is 1. The second-order valence-corrected chi connectivity index (χ2v) is 5.17. The second-order valence-electron chi connectivity index (χ2n) is 5.17. The topological polar surface area (TPSA) is 38.5 Å².